The Balaban J connectivity index is 2.50. The third-order valence-electron chi connectivity index (χ3n) is 3.37. The largest absolute Gasteiger partial charge is 0.303 e. The maximum Gasteiger partial charge on any atom is 0.164 e. The van der Waals surface area contributed by atoms with Gasteiger partial charge in [-0.2, -0.15) is 11.8 Å². The molecule has 0 aliphatic rings. The second kappa shape index (κ2) is 8.37. The molecule has 0 saturated heterocycles. The maximum atomic E-state index is 13.0. The van der Waals surface area contributed by atoms with Crippen LogP contribution in [-0.2, 0) is 0 Å². The Labute approximate surface area is 123 Å². The molecule has 1 aromatic carbocycles. The van der Waals surface area contributed by atoms with E-state index in [1.54, 1.807) is 11.8 Å². The number of rotatable bonds is 8. The van der Waals surface area contributed by atoms with Gasteiger partial charge in [0.1, 0.15) is 11.6 Å². The zero-order valence-corrected chi connectivity index (χ0v) is 13.0. The number of nitrogens with zero attached hydrogens (tertiary/aromatic N) is 1. The molecule has 0 spiro atoms. The Kier molecular flexibility index (Phi) is 7.16. The maximum absolute atomic E-state index is 13.0. The first kappa shape index (κ1) is 17.1. The van der Waals surface area contributed by atoms with Crippen molar-refractivity contribution in [2.24, 2.45) is 0 Å². The minimum Gasteiger partial charge on any atom is -0.303 e. The number of thioether (sulfide) groups is 1. The first-order valence-corrected chi connectivity index (χ1v) is 8.02. The minimum atomic E-state index is -0.713. The van der Waals surface area contributed by atoms with Crippen molar-refractivity contribution in [3.63, 3.8) is 0 Å². The van der Waals surface area contributed by atoms with E-state index in [9.17, 15) is 13.6 Å². The van der Waals surface area contributed by atoms with Gasteiger partial charge in [0.15, 0.2) is 5.78 Å². The summed E-state index contributed by atoms with van der Waals surface area (Å²) in [6, 6.07) is 3.33. The summed E-state index contributed by atoms with van der Waals surface area (Å²) < 4.78 is 26.1. The molecule has 0 aliphatic heterocycles. The van der Waals surface area contributed by atoms with Crippen molar-refractivity contribution in [2.45, 2.75) is 25.8 Å². The molecule has 1 rings (SSSR count). The standard InChI is InChI=1S/C15H21F2NOS/c1-11(5-7-20-3)18(2)6-4-15(19)12-8-13(16)10-14(17)9-12/h8-11H,4-7H2,1-3H3. The minimum absolute atomic E-state index is 0.104. The highest BCUT2D eigenvalue weighted by Crippen LogP contribution is 2.12. The fourth-order valence-corrected chi connectivity index (χ4v) is 2.44. The molecule has 0 aromatic heterocycles. The van der Waals surface area contributed by atoms with Crippen LogP contribution in [0.5, 0.6) is 0 Å². The molecule has 1 aromatic rings. The lowest BCUT2D eigenvalue weighted by Crippen LogP contribution is -2.31. The van der Waals surface area contributed by atoms with Crippen LogP contribution < -0.4 is 0 Å². The molecule has 0 fully saturated rings. The molecular weight excluding hydrogens is 280 g/mol. The van der Waals surface area contributed by atoms with Crippen LogP contribution in [0.2, 0.25) is 0 Å². The van der Waals surface area contributed by atoms with Crippen LogP contribution in [0.25, 0.3) is 0 Å². The molecule has 0 radical (unpaired) electrons. The van der Waals surface area contributed by atoms with Crippen molar-refractivity contribution in [2.75, 3.05) is 25.6 Å². The van der Waals surface area contributed by atoms with Gasteiger partial charge in [-0.15, -0.1) is 0 Å². The van der Waals surface area contributed by atoms with Gasteiger partial charge >= 0.3 is 0 Å². The number of carbonyl (C=O) groups is 1. The SMILES string of the molecule is CSCCC(C)N(C)CCC(=O)c1cc(F)cc(F)c1. The van der Waals surface area contributed by atoms with Crippen LogP contribution in [0.3, 0.4) is 0 Å². The van der Waals surface area contributed by atoms with Crippen molar-refractivity contribution in [1.82, 2.24) is 4.90 Å². The molecule has 0 N–H and O–H groups in total. The lowest BCUT2D eigenvalue weighted by molar-refractivity contribution is 0.0961. The zero-order chi connectivity index (χ0) is 15.1. The van der Waals surface area contributed by atoms with Crippen molar-refractivity contribution >= 4 is 17.5 Å². The predicted molar refractivity (Wildman–Crippen MR) is 80.4 cm³/mol. The molecule has 112 valence electrons. The van der Waals surface area contributed by atoms with E-state index in [0.717, 1.165) is 30.4 Å². The first-order valence-electron chi connectivity index (χ1n) is 6.62. The fourth-order valence-electron chi connectivity index (χ4n) is 1.87. The van der Waals surface area contributed by atoms with Gasteiger partial charge in [0.05, 0.1) is 0 Å². The Hall–Kier alpha value is -0.940. The number of benzene rings is 1. The summed E-state index contributed by atoms with van der Waals surface area (Å²) in [6.45, 7) is 2.70. The Bertz CT molecular complexity index is 433. The molecule has 2 nitrogen and oxygen atoms in total. The van der Waals surface area contributed by atoms with E-state index in [-0.39, 0.29) is 17.8 Å². The molecular formula is C15H21F2NOS. The van der Waals surface area contributed by atoms with Crippen molar-refractivity contribution in [1.29, 1.82) is 0 Å². The summed E-state index contributed by atoms with van der Waals surface area (Å²) >= 11 is 1.79. The number of hydrogen-bond donors (Lipinski definition) is 0. The van der Waals surface area contributed by atoms with Crippen molar-refractivity contribution < 1.29 is 13.6 Å². The van der Waals surface area contributed by atoms with Gasteiger partial charge < -0.3 is 4.90 Å². The second-order valence-electron chi connectivity index (χ2n) is 4.94. The highest BCUT2D eigenvalue weighted by atomic mass is 32.2. The lowest BCUT2D eigenvalue weighted by Gasteiger charge is -2.24. The highest BCUT2D eigenvalue weighted by Gasteiger charge is 2.13. The average Bonchev–Trinajstić information content (AvgIpc) is 2.40. The highest BCUT2D eigenvalue weighted by molar-refractivity contribution is 7.98. The smallest absolute Gasteiger partial charge is 0.164 e. The molecule has 1 unspecified atom stereocenters. The molecule has 0 aliphatic carbocycles. The van der Waals surface area contributed by atoms with Crippen LogP contribution in [0.1, 0.15) is 30.1 Å². The van der Waals surface area contributed by atoms with E-state index in [1.807, 2.05) is 7.05 Å². The number of hydrogen-bond acceptors (Lipinski definition) is 3. The quantitative estimate of drug-likeness (QED) is 0.684. The number of Topliss-reactive ketones (excluding diaryl/α,β-unsaturated/α-hetero) is 1. The number of halogens is 2. The molecule has 5 heteroatoms. The molecule has 0 saturated carbocycles. The fraction of sp³-hybridized carbons (Fsp3) is 0.533. The van der Waals surface area contributed by atoms with Gasteiger partial charge in [0.25, 0.3) is 0 Å². The third-order valence-corrected chi connectivity index (χ3v) is 4.01. The van der Waals surface area contributed by atoms with Gasteiger partial charge in [0, 0.05) is 30.6 Å². The summed E-state index contributed by atoms with van der Waals surface area (Å²) in [4.78, 5) is 14.0. The van der Waals surface area contributed by atoms with E-state index in [0.29, 0.717) is 12.6 Å². The van der Waals surface area contributed by atoms with Gasteiger partial charge in [-0.3, -0.25) is 4.79 Å². The first-order chi connectivity index (χ1) is 9.43. The Morgan fingerprint density at radius 2 is 1.90 bits per heavy atom. The van der Waals surface area contributed by atoms with Crippen LogP contribution in [0.4, 0.5) is 8.78 Å². The molecule has 1 atom stereocenters. The topological polar surface area (TPSA) is 20.3 Å². The third kappa shape index (κ3) is 5.59. The van der Waals surface area contributed by atoms with Gasteiger partial charge in [-0.25, -0.2) is 8.78 Å². The summed E-state index contributed by atoms with van der Waals surface area (Å²) in [5.41, 5.74) is 0.104. The van der Waals surface area contributed by atoms with E-state index in [1.165, 1.54) is 0 Å². The molecule has 0 amide bonds. The average molecular weight is 301 g/mol. The van der Waals surface area contributed by atoms with Crippen LogP contribution in [0, 0.1) is 11.6 Å². The number of ketones is 1. The van der Waals surface area contributed by atoms with Gasteiger partial charge in [0.2, 0.25) is 0 Å². The normalized spacial score (nSPS) is 12.7. The summed E-state index contributed by atoms with van der Waals surface area (Å²) in [5.74, 6) is -0.577. The zero-order valence-electron chi connectivity index (χ0n) is 12.2. The molecule has 20 heavy (non-hydrogen) atoms. The van der Waals surface area contributed by atoms with E-state index < -0.39 is 11.6 Å². The van der Waals surface area contributed by atoms with E-state index in [4.69, 9.17) is 0 Å². The van der Waals surface area contributed by atoms with E-state index in [2.05, 4.69) is 18.1 Å². The molecule has 0 bridgehead atoms. The predicted octanol–water partition coefficient (Wildman–Crippen LogP) is 3.61. The Morgan fingerprint density at radius 3 is 2.45 bits per heavy atom. The number of carbonyl (C=O) groups excluding carboxylic acids is 1. The van der Waals surface area contributed by atoms with Crippen molar-refractivity contribution in [3.05, 3.63) is 35.4 Å². The van der Waals surface area contributed by atoms with E-state index >= 15 is 0 Å². The second-order valence-corrected chi connectivity index (χ2v) is 5.93. The summed E-state index contributed by atoms with van der Waals surface area (Å²) in [7, 11) is 1.96. The lowest BCUT2D eigenvalue weighted by atomic mass is 10.1. The van der Waals surface area contributed by atoms with Gasteiger partial charge in [-0.05, 0) is 44.5 Å². The summed E-state index contributed by atoms with van der Waals surface area (Å²) in [6.07, 6.45) is 3.39. The van der Waals surface area contributed by atoms with Crippen LogP contribution >= 0.6 is 11.8 Å². The molecule has 0 heterocycles. The Morgan fingerprint density at radius 1 is 1.30 bits per heavy atom. The monoisotopic (exact) mass is 301 g/mol. The van der Waals surface area contributed by atoms with Crippen molar-refractivity contribution in [3.8, 4) is 0 Å². The van der Waals surface area contributed by atoms with Crippen LogP contribution in [-0.4, -0.2) is 42.3 Å². The summed E-state index contributed by atoms with van der Waals surface area (Å²) in [5, 5.41) is 0. The van der Waals surface area contributed by atoms with Gasteiger partial charge in [-0.1, -0.05) is 0 Å². The van der Waals surface area contributed by atoms with Crippen LogP contribution in [0.15, 0.2) is 18.2 Å².